The second kappa shape index (κ2) is 7.42. The van der Waals surface area contributed by atoms with Crippen LogP contribution in [0.1, 0.15) is 0 Å². The minimum atomic E-state index is 0.729. The third-order valence-electron chi connectivity index (χ3n) is 6.45. The van der Waals surface area contributed by atoms with Gasteiger partial charge in [-0.15, -0.1) is 0 Å². The normalized spacial score (nSPS) is 11.5. The van der Waals surface area contributed by atoms with Gasteiger partial charge in [-0.1, -0.05) is 66.7 Å². The first-order valence-corrected chi connectivity index (χ1v) is 11.3. The third kappa shape index (κ3) is 2.86. The first-order valence-electron chi connectivity index (χ1n) is 11.3. The van der Waals surface area contributed by atoms with Crippen molar-refractivity contribution in [2.75, 3.05) is 0 Å². The number of benzene rings is 4. The van der Waals surface area contributed by atoms with E-state index in [0.717, 1.165) is 28.3 Å². The van der Waals surface area contributed by atoms with Crippen LogP contribution >= 0.6 is 0 Å². The van der Waals surface area contributed by atoms with Crippen LogP contribution in [-0.4, -0.2) is 19.1 Å². The van der Waals surface area contributed by atoms with Gasteiger partial charge in [-0.05, 0) is 36.4 Å². The number of nitrogens with zero attached hydrogens (tertiary/aromatic N) is 4. The highest BCUT2D eigenvalue weighted by Crippen LogP contribution is 2.35. The van der Waals surface area contributed by atoms with Gasteiger partial charge in [0.15, 0.2) is 5.82 Å². The van der Waals surface area contributed by atoms with Crippen molar-refractivity contribution in [1.29, 1.82) is 0 Å². The molecule has 3 aromatic heterocycles. The van der Waals surface area contributed by atoms with E-state index in [0.29, 0.717) is 0 Å². The van der Waals surface area contributed by atoms with Crippen LogP contribution in [0.4, 0.5) is 0 Å². The summed E-state index contributed by atoms with van der Waals surface area (Å²) in [6, 6.07) is 35.9. The van der Waals surface area contributed by atoms with E-state index < -0.39 is 0 Å². The van der Waals surface area contributed by atoms with Gasteiger partial charge in [0.05, 0.1) is 34.6 Å². The van der Waals surface area contributed by atoms with Gasteiger partial charge in [0.2, 0.25) is 0 Å². The van der Waals surface area contributed by atoms with Crippen LogP contribution in [0.2, 0.25) is 0 Å². The average molecular weight is 437 g/mol. The minimum Gasteiger partial charge on any atom is -0.314 e. The maximum atomic E-state index is 4.64. The van der Waals surface area contributed by atoms with Crippen LogP contribution in [0.15, 0.2) is 122 Å². The molecule has 0 spiro atoms. The van der Waals surface area contributed by atoms with E-state index in [2.05, 4.69) is 98.1 Å². The summed E-state index contributed by atoms with van der Waals surface area (Å²) >= 11 is 0. The Kier molecular flexibility index (Phi) is 4.11. The van der Waals surface area contributed by atoms with Gasteiger partial charge in [-0.2, -0.15) is 0 Å². The maximum Gasteiger partial charge on any atom is 0.159 e. The van der Waals surface area contributed by atoms with Crippen molar-refractivity contribution in [3.8, 4) is 22.8 Å². The fourth-order valence-electron chi connectivity index (χ4n) is 4.86. The fourth-order valence-corrected chi connectivity index (χ4v) is 4.86. The van der Waals surface area contributed by atoms with Crippen molar-refractivity contribution >= 4 is 32.7 Å². The molecule has 4 aromatic carbocycles. The van der Waals surface area contributed by atoms with Gasteiger partial charge in [0.1, 0.15) is 0 Å². The Labute approximate surface area is 196 Å². The molecule has 0 N–H and O–H groups in total. The van der Waals surface area contributed by atoms with Gasteiger partial charge < -0.3 is 9.13 Å². The standard InChI is InChI=1S/C30H20N4/c1-3-9-21(10-4-1)30-31-19-24(20-32-30)33-16-15-22-17-26-25-13-7-8-14-27(25)34(29(26)18-28(22)33)23-11-5-2-6-12-23/h1-20H. The lowest BCUT2D eigenvalue weighted by atomic mass is 10.1. The second-order valence-electron chi connectivity index (χ2n) is 8.43. The summed E-state index contributed by atoms with van der Waals surface area (Å²) in [6.45, 7) is 0. The molecule has 0 aliphatic carbocycles. The van der Waals surface area contributed by atoms with Crippen LogP contribution < -0.4 is 0 Å². The van der Waals surface area contributed by atoms with Gasteiger partial charge in [0.25, 0.3) is 0 Å². The van der Waals surface area contributed by atoms with Crippen LogP contribution in [0.5, 0.6) is 0 Å². The summed E-state index contributed by atoms with van der Waals surface area (Å²) in [4.78, 5) is 9.27. The monoisotopic (exact) mass is 436 g/mol. The molecule has 0 unspecified atom stereocenters. The Morgan fingerprint density at radius 3 is 2.03 bits per heavy atom. The predicted molar refractivity (Wildman–Crippen MR) is 139 cm³/mol. The second-order valence-corrected chi connectivity index (χ2v) is 8.43. The highest BCUT2D eigenvalue weighted by molar-refractivity contribution is 6.13. The number of hydrogen-bond donors (Lipinski definition) is 0. The Balaban J connectivity index is 1.44. The summed E-state index contributed by atoms with van der Waals surface area (Å²) < 4.78 is 4.51. The molecule has 0 atom stereocenters. The smallest absolute Gasteiger partial charge is 0.159 e. The maximum absolute atomic E-state index is 4.64. The van der Waals surface area contributed by atoms with E-state index >= 15 is 0 Å². The van der Waals surface area contributed by atoms with Crippen LogP contribution in [0, 0.1) is 0 Å². The van der Waals surface area contributed by atoms with Gasteiger partial charge >= 0.3 is 0 Å². The summed E-state index contributed by atoms with van der Waals surface area (Å²) in [5.74, 6) is 0.729. The van der Waals surface area contributed by atoms with Crippen LogP contribution in [-0.2, 0) is 0 Å². The zero-order chi connectivity index (χ0) is 22.5. The molecule has 7 aromatic rings. The van der Waals surface area contributed by atoms with Crippen molar-refractivity contribution in [2.45, 2.75) is 0 Å². The zero-order valence-electron chi connectivity index (χ0n) is 18.3. The molecule has 3 heterocycles. The van der Waals surface area contributed by atoms with Crippen molar-refractivity contribution in [3.05, 3.63) is 122 Å². The average Bonchev–Trinajstić information content (AvgIpc) is 3.47. The van der Waals surface area contributed by atoms with Crippen molar-refractivity contribution < 1.29 is 0 Å². The largest absolute Gasteiger partial charge is 0.314 e. The lowest BCUT2D eigenvalue weighted by Crippen LogP contribution is -1.97. The molecule has 0 saturated carbocycles. The van der Waals surface area contributed by atoms with E-state index in [4.69, 9.17) is 0 Å². The van der Waals surface area contributed by atoms with Gasteiger partial charge in [-0.25, -0.2) is 9.97 Å². The topological polar surface area (TPSA) is 35.6 Å². The fraction of sp³-hybridized carbons (Fsp3) is 0. The van der Waals surface area contributed by atoms with E-state index in [1.807, 2.05) is 42.7 Å². The van der Waals surface area contributed by atoms with E-state index in [-0.39, 0.29) is 0 Å². The lowest BCUT2D eigenvalue weighted by Gasteiger charge is -2.09. The molecule has 0 aliphatic heterocycles. The molecular formula is C30H20N4. The predicted octanol–water partition coefficient (Wildman–Crippen LogP) is 7.18. The molecule has 0 radical (unpaired) electrons. The van der Waals surface area contributed by atoms with E-state index in [9.17, 15) is 0 Å². The number of para-hydroxylation sites is 2. The number of fused-ring (bicyclic) bond motifs is 4. The number of aromatic nitrogens is 4. The first-order chi connectivity index (χ1) is 16.9. The molecule has 0 fully saturated rings. The molecule has 4 nitrogen and oxygen atoms in total. The molecule has 34 heavy (non-hydrogen) atoms. The number of rotatable bonds is 3. The number of hydrogen-bond acceptors (Lipinski definition) is 2. The summed E-state index contributed by atoms with van der Waals surface area (Å²) in [5, 5.41) is 3.70. The summed E-state index contributed by atoms with van der Waals surface area (Å²) in [6.07, 6.45) is 5.89. The molecule has 7 rings (SSSR count). The molecule has 0 bridgehead atoms. The molecular weight excluding hydrogens is 416 g/mol. The highest BCUT2D eigenvalue weighted by atomic mass is 15.0. The van der Waals surface area contributed by atoms with Crippen LogP contribution in [0.25, 0.3) is 55.5 Å². The molecule has 0 aliphatic rings. The summed E-state index contributed by atoms with van der Waals surface area (Å²) in [5.41, 5.74) is 6.63. The Bertz CT molecular complexity index is 1780. The van der Waals surface area contributed by atoms with Crippen molar-refractivity contribution in [2.24, 2.45) is 0 Å². The van der Waals surface area contributed by atoms with E-state index in [1.54, 1.807) is 0 Å². The minimum absolute atomic E-state index is 0.729. The molecule has 160 valence electrons. The zero-order valence-corrected chi connectivity index (χ0v) is 18.3. The van der Waals surface area contributed by atoms with Gasteiger partial charge in [0, 0.05) is 33.6 Å². The highest BCUT2D eigenvalue weighted by Gasteiger charge is 2.15. The Hall–Kier alpha value is -4.70. The Morgan fingerprint density at radius 1 is 0.529 bits per heavy atom. The quantitative estimate of drug-likeness (QED) is 0.294. The summed E-state index contributed by atoms with van der Waals surface area (Å²) in [7, 11) is 0. The molecule has 0 saturated heterocycles. The van der Waals surface area contributed by atoms with Gasteiger partial charge in [-0.3, -0.25) is 0 Å². The SMILES string of the molecule is c1ccc(-c2ncc(-n3ccc4cc5c6ccccc6n(-c6ccccc6)c5cc43)cn2)cc1. The lowest BCUT2D eigenvalue weighted by molar-refractivity contribution is 1.05. The van der Waals surface area contributed by atoms with Crippen molar-refractivity contribution in [3.63, 3.8) is 0 Å². The third-order valence-corrected chi connectivity index (χ3v) is 6.45. The Morgan fingerprint density at radius 2 is 1.24 bits per heavy atom. The van der Waals surface area contributed by atoms with Crippen molar-refractivity contribution in [1.82, 2.24) is 19.1 Å². The molecule has 0 amide bonds. The first kappa shape index (κ1) is 18.8. The van der Waals surface area contributed by atoms with Crippen LogP contribution in [0.3, 0.4) is 0 Å². The van der Waals surface area contributed by atoms with E-state index in [1.165, 1.54) is 27.2 Å². The molecule has 4 heteroatoms.